The van der Waals surface area contributed by atoms with E-state index in [1.54, 1.807) is 31.4 Å². The lowest BCUT2D eigenvalue weighted by Crippen LogP contribution is -2.34. The summed E-state index contributed by atoms with van der Waals surface area (Å²) >= 11 is 0. The first kappa shape index (κ1) is 20.8. The number of carbonyl (C=O) groups excluding carboxylic acids is 2. The van der Waals surface area contributed by atoms with Crippen molar-refractivity contribution in [2.75, 3.05) is 30.1 Å². The van der Waals surface area contributed by atoms with Gasteiger partial charge in [-0.25, -0.2) is 4.90 Å². The van der Waals surface area contributed by atoms with Gasteiger partial charge in [-0.1, -0.05) is 30.3 Å². The fraction of sp³-hybridized carbons (Fsp3) is 0.185. The van der Waals surface area contributed by atoms with Crippen LogP contribution in [0.1, 0.15) is 18.1 Å². The van der Waals surface area contributed by atoms with Gasteiger partial charge in [0.2, 0.25) is 0 Å². The topological polar surface area (TPSA) is 59.1 Å². The first-order valence-electron chi connectivity index (χ1n) is 11.0. The summed E-state index contributed by atoms with van der Waals surface area (Å²) in [6.45, 7) is 3.12. The zero-order chi connectivity index (χ0) is 22.9. The second-order valence-electron chi connectivity index (χ2n) is 7.86. The molecular formula is C27H24N2O4. The molecule has 2 aliphatic rings. The van der Waals surface area contributed by atoms with Gasteiger partial charge >= 0.3 is 0 Å². The Kier molecular flexibility index (Phi) is 5.34. The molecule has 5 rings (SSSR count). The maximum atomic E-state index is 13.8. The lowest BCUT2D eigenvalue weighted by molar-refractivity contribution is -0.120. The van der Waals surface area contributed by atoms with E-state index in [-0.39, 0.29) is 11.8 Å². The van der Waals surface area contributed by atoms with Crippen molar-refractivity contribution in [2.45, 2.75) is 13.3 Å². The van der Waals surface area contributed by atoms with Crippen molar-refractivity contribution in [1.29, 1.82) is 0 Å². The summed E-state index contributed by atoms with van der Waals surface area (Å²) in [6, 6.07) is 22.3. The van der Waals surface area contributed by atoms with E-state index in [9.17, 15) is 9.59 Å². The fourth-order valence-electron chi connectivity index (χ4n) is 4.45. The molecule has 0 aromatic heterocycles. The number of para-hydroxylation sites is 1. The highest BCUT2D eigenvalue weighted by Gasteiger charge is 2.44. The molecule has 3 aromatic rings. The average molecular weight is 440 g/mol. The second-order valence-corrected chi connectivity index (χ2v) is 7.86. The van der Waals surface area contributed by atoms with Gasteiger partial charge in [-0.2, -0.15) is 0 Å². The van der Waals surface area contributed by atoms with Crippen LogP contribution < -0.4 is 19.3 Å². The maximum absolute atomic E-state index is 13.8. The molecule has 0 radical (unpaired) electrons. The van der Waals surface area contributed by atoms with E-state index in [0.29, 0.717) is 41.4 Å². The molecule has 2 amide bonds. The van der Waals surface area contributed by atoms with Gasteiger partial charge in [0.05, 0.1) is 25.0 Å². The number of methoxy groups -OCH3 is 1. The largest absolute Gasteiger partial charge is 0.497 e. The minimum atomic E-state index is -0.339. The minimum absolute atomic E-state index is 0.328. The number of benzene rings is 3. The van der Waals surface area contributed by atoms with Gasteiger partial charge in [0.15, 0.2) is 0 Å². The van der Waals surface area contributed by atoms with Crippen LogP contribution in [-0.4, -0.2) is 32.1 Å². The number of rotatable bonds is 6. The van der Waals surface area contributed by atoms with E-state index in [2.05, 4.69) is 6.07 Å². The van der Waals surface area contributed by atoms with Crippen LogP contribution >= 0.6 is 0 Å². The van der Waals surface area contributed by atoms with E-state index in [1.165, 1.54) is 10.5 Å². The molecule has 0 fully saturated rings. The van der Waals surface area contributed by atoms with Crippen LogP contribution in [0.4, 0.5) is 11.4 Å². The van der Waals surface area contributed by atoms with E-state index >= 15 is 0 Å². The third kappa shape index (κ3) is 3.53. The highest BCUT2D eigenvalue weighted by Crippen LogP contribution is 2.40. The lowest BCUT2D eigenvalue weighted by atomic mass is 10.0. The normalized spacial score (nSPS) is 15.3. The predicted octanol–water partition coefficient (Wildman–Crippen LogP) is 4.44. The highest BCUT2D eigenvalue weighted by molar-refractivity contribution is 6.46. The van der Waals surface area contributed by atoms with E-state index in [4.69, 9.17) is 9.47 Å². The van der Waals surface area contributed by atoms with Gasteiger partial charge in [0, 0.05) is 12.2 Å². The molecule has 0 atom stereocenters. The van der Waals surface area contributed by atoms with Crippen molar-refractivity contribution in [1.82, 2.24) is 0 Å². The van der Waals surface area contributed by atoms with Crippen LogP contribution in [0.15, 0.2) is 78.5 Å². The Morgan fingerprint density at radius 3 is 2.24 bits per heavy atom. The summed E-state index contributed by atoms with van der Waals surface area (Å²) in [4.78, 5) is 30.7. The molecular weight excluding hydrogens is 416 g/mol. The molecule has 6 heteroatoms. The Bertz CT molecular complexity index is 1250. The smallest absolute Gasteiger partial charge is 0.282 e. The quantitative estimate of drug-likeness (QED) is 0.531. The SMILES string of the molecule is CCOc1ccc(C2=C(N3CCc4ccccc43)C(=O)N(c3ccc(OC)cc3)C2=O)cc1. The molecule has 0 saturated carbocycles. The third-order valence-electron chi connectivity index (χ3n) is 6.00. The molecule has 0 unspecified atom stereocenters. The molecule has 0 saturated heterocycles. The standard InChI is InChI=1S/C27H24N2O4/c1-3-33-22-12-8-19(9-13-22)24-25(28-17-16-18-6-4-5-7-23(18)28)27(31)29(26(24)30)20-10-14-21(32-2)15-11-20/h4-15H,3,16-17H2,1-2H3. The molecule has 2 heterocycles. The number of hydrogen-bond donors (Lipinski definition) is 0. The first-order valence-corrected chi connectivity index (χ1v) is 11.0. The summed E-state index contributed by atoms with van der Waals surface area (Å²) in [7, 11) is 1.58. The van der Waals surface area contributed by atoms with Gasteiger partial charge in [0.25, 0.3) is 11.8 Å². The van der Waals surface area contributed by atoms with Crippen LogP contribution in [0.2, 0.25) is 0 Å². The molecule has 0 bridgehead atoms. The summed E-state index contributed by atoms with van der Waals surface area (Å²) in [5.41, 5.74) is 4.14. The van der Waals surface area contributed by atoms with Crippen molar-refractivity contribution >= 4 is 28.8 Å². The Morgan fingerprint density at radius 1 is 0.848 bits per heavy atom. The van der Waals surface area contributed by atoms with Gasteiger partial charge < -0.3 is 14.4 Å². The van der Waals surface area contributed by atoms with Crippen molar-refractivity contribution < 1.29 is 19.1 Å². The third-order valence-corrected chi connectivity index (χ3v) is 6.00. The number of nitrogens with zero attached hydrogens (tertiary/aromatic N) is 2. The minimum Gasteiger partial charge on any atom is -0.497 e. The maximum Gasteiger partial charge on any atom is 0.282 e. The van der Waals surface area contributed by atoms with Crippen LogP contribution in [-0.2, 0) is 16.0 Å². The molecule has 0 aliphatic carbocycles. The second kappa shape index (κ2) is 8.47. The number of carbonyl (C=O) groups is 2. The fourth-order valence-corrected chi connectivity index (χ4v) is 4.45. The Labute approximate surface area is 192 Å². The summed E-state index contributed by atoms with van der Waals surface area (Å²) in [5.74, 6) is 0.712. The summed E-state index contributed by atoms with van der Waals surface area (Å²) < 4.78 is 10.8. The molecule has 0 spiro atoms. The molecule has 2 aliphatic heterocycles. The number of anilines is 2. The van der Waals surface area contributed by atoms with Crippen molar-refractivity contribution in [3.63, 3.8) is 0 Å². The predicted molar refractivity (Wildman–Crippen MR) is 128 cm³/mol. The zero-order valence-electron chi connectivity index (χ0n) is 18.6. The first-order chi connectivity index (χ1) is 16.1. The van der Waals surface area contributed by atoms with Crippen molar-refractivity contribution in [3.05, 3.63) is 89.6 Å². The van der Waals surface area contributed by atoms with Gasteiger partial charge in [-0.05, 0) is 66.9 Å². The average Bonchev–Trinajstić information content (AvgIpc) is 3.38. The number of amides is 2. The molecule has 166 valence electrons. The van der Waals surface area contributed by atoms with Gasteiger partial charge in [-0.15, -0.1) is 0 Å². The van der Waals surface area contributed by atoms with Crippen LogP contribution in [0.25, 0.3) is 5.57 Å². The van der Waals surface area contributed by atoms with Crippen LogP contribution in [0.5, 0.6) is 11.5 Å². The van der Waals surface area contributed by atoms with Crippen molar-refractivity contribution in [3.8, 4) is 11.5 Å². The zero-order valence-corrected chi connectivity index (χ0v) is 18.6. The lowest BCUT2D eigenvalue weighted by Gasteiger charge is -2.22. The Balaban J connectivity index is 1.62. The molecule has 0 N–H and O–H groups in total. The number of imide groups is 1. The number of hydrogen-bond acceptors (Lipinski definition) is 5. The summed E-state index contributed by atoms with van der Waals surface area (Å²) in [6.07, 6.45) is 0.820. The molecule has 3 aromatic carbocycles. The van der Waals surface area contributed by atoms with E-state index < -0.39 is 0 Å². The van der Waals surface area contributed by atoms with Gasteiger partial charge in [-0.3, -0.25) is 9.59 Å². The van der Waals surface area contributed by atoms with Crippen LogP contribution in [0, 0.1) is 0 Å². The summed E-state index contributed by atoms with van der Waals surface area (Å²) in [5, 5.41) is 0. The van der Waals surface area contributed by atoms with E-state index in [0.717, 1.165) is 17.9 Å². The van der Waals surface area contributed by atoms with Crippen molar-refractivity contribution in [2.24, 2.45) is 0 Å². The highest BCUT2D eigenvalue weighted by atomic mass is 16.5. The van der Waals surface area contributed by atoms with E-state index in [1.807, 2.05) is 54.3 Å². The number of ether oxygens (including phenoxy) is 2. The molecule has 33 heavy (non-hydrogen) atoms. The van der Waals surface area contributed by atoms with Gasteiger partial charge in [0.1, 0.15) is 17.2 Å². The Hall–Kier alpha value is -4.06. The van der Waals surface area contributed by atoms with Crippen LogP contribution in [0.3, 0.4) is 0 Å². The number of fused-ring (bicyclic) bond motifs is 1. The Morgan fingerprint density at radius 2 is 1.55 bits per heavy atom. The monoisotopic (exact) mass is 440 g/mol. The molecule has 6 nitrogen and oxygen atoms in total.